The Morgan fingerprint density at radius 1 is 1.39 bits per heavy atom. The molecule has 0 fully saturated rings. The molecule has 2 aromatic rings. The first-order valence-corrected chi connectivity index (χ1v) is 5.99. The van der Waals surface area contributed by atoms with E-state index in [-0.39, 0.29) is 5.41 Å². The number of nitrogens with one attached hydrogen (secondary N) is 2. The highest BCUT2D eigenvalue weighted by atomic mass is 14.8. The maximum Gasteiger partial charge on any atom is 0.0892 e. The molecule has 0 aliphatic rings. The van der Waals surface area contributed by atoms with Crippen LogP contribution >= 0.6 is 0 Å². The largest absolute Gasteiger partial charge is 0.319 e. The number of likely N-dealkylation sites (N-methyl/N-ethyl adjacent to an activating group) is 1. The van der Waals surface area contributed by atoms with Gasteiger partial charge in [-0.05, 0) is 44.7 Å². The average Bonchev–Trinajstić information content (AvgIpc) is 2.38. The number of nitrogens with zero attached hydrogens (tertiary/aromatic N) is 2. The minimum atomic E-state index is -0.346. The standard InChI is InChI=1S/C14H18N4/c1-10-4-5-12-13(18-10)6-11(7-17-12)14(2,8-15)9-16-3/h4-8,15-16H,9H2,1-3H3. The predicted molar refractivity (Wildman–Crippen MR) is 74.3 cm³/mol. The quantitative estimate of drug-likeness (QED) is 0.807. The van der Waals surface area contributed by atoms with Gasteiger partial charge in [-0.15, -0.1) is 0 Å². The van der Waals surface area contributed by atoms with Gasteiger partial charge in [0.2, 0.25) is 0 Å². The number of aromatic nitrogens is 2. The lowest BCUT2D eigenvalue weighted by atomic mass is 9.84. The molecular weight excluding hydrogens is 224 g/mol. The van der Waals surface area contributed by atoms with Gasteiger partial charge in [0.25, 0.3) is 0 Å². The second-order valence-corrected chi connectivity index (χ2v) is 4.81. The molecule has 0 saturated heterocycles. The third kappa shape index (κ3) is 2.24. The number of fused-ring (bicyclic) bond motifs is 1. The SMILES string of the molecule is CNCC(C)(C=N)c1cnc2ccc(C)nc2c1. The molecule has 0 spiro atoms. The second-order valence-electron chi connectivity index (χ2n) is 4.81. The number of hydrogen-bond donors (Lipinski definition) is 2. The van der Waals surface area contributed by atoms with Crippen LogP contribution in [0.4, 0.5) is 0 Å². The molecule has 1 unspecified atom stereocenters. The van der Waals surface area contributed by atoms with Gasteiger partial charge in [-0.3, -0.25) is 9.97 Å². The van der Waals surface area contributed by atoms with E-state index in [1.807, 2.05) is 45.3 Å². The summed E-state index contributed by atoms with van der Waals surface area (Å²) in [5.41, 5.74) is 3.42. The van der Waals surface area contributed by atoms with Crippen molar-refractivity contribution in [3.05, 3.63) is 35.7 Å². The molecule has 2 rings (SSSR count). The summed E-state index contributed by atoms with van der Waals surface area (Å²) >= 11 is 0. The second kappa shape index (κ2) is 4.82. The molecule has 0 radical (unpaired) electrons. The Morgan fingerprint density at radius 3 is 2.83 bits per heavy atom. The first-order valence-electron chi connectivity index (χ1n) is 5.99. The van der Waals surface area contributed by atoms with Crippen LogP contribution in [0.2, 0.25) is 0 Å². The van der Waals surface area contributed by atoms with Crippen LogP contribution in [0.1, 0.15) is 18.2 Å². The Kier molecular flexibility index (Phi) is 3.39. The minimum Gasteiger partial charge on any atom is -0.319 e. The summed E-state index contributed by atoms with van der Waals surface area (Å²) in [5, 5.41) is 10.8. The van der Waals surface area contributed by atoms with Crippen LogP contribution in [0.15, 0.2) is 24.4 Å². The van der Waals surface area contributed by atoms with E-state index in [9.17, 15) is 0 Å². The van der Waals surface area contributed by atoms with E-state index in [4.69, 9.17) is 5.41 Å². The number of pyridine rings is 2. The van der Waals surface area contributed by atoms with Gasteiger partial charge in [-0.25, -0.2) is 0 Å². The lowest BCUT2D eigenvalue weighted by molar-refractivity contribution is 0.592. The number of hydrogen-bond acceptors (Lipinski definition) is 4. The average molecular weight is 242 g/mol. The van der Waals surface area contributed by atoms with Crippen LogP contribution in [0.3, 0.4) is 0 Å². The van der Waals surface area contributed by atoms with Gasteiger partial charge in [-0.2, -0.15) is 0 Å². The third-order valence-electron chi connectivity index (χ3n) is 3.20. The molecule has 18 heavy (non-hydrogen) atoms. The van der Waals surface area contributed by atoms with Crippen molar-refractivity contribution >= 4 is 17.2 Å². The Morgan fingerprint density at radius 2 is 2.17 bits per heavy atom. The first-order chi connectivity index (χ1) is 8.59. The zero-order chi connectivity index (χ0) is 13.2. The van der Waals surface area contributed by atoms with E-state index in [2.05, 4.69) is 15.3 Å². The fourth-order valence-corrected chi connectivity index (χ4v) is 2.02. The van der Waals surface area contributed by atoms with Gasteiger partial charge in [0.1, 0.15) is 0 Å². The lowest BCUT2D eigenvalue weighted by Crippen LogP contribution is -2.35. The van der Waals surface area contributed by atoms with Crippen molar-refractivity contribution in [1.29, 1.82) is 5.41 Å². The zero-order valence-electron chi connectivity index (χ0n) is 11.0. The van der Waals surface area contributed by atoms with Crippen LogP contribution in [0, 0.1) is 12.3 Å². The number of rotatable bonds is 4. The number of aryl methyl sites for hydroxylation is 1. The van der Waals surface area contributed by atoms with Gasteiger partial charge in [0.15, 0.2) is 0 Å². The highest BCUT2D eigenvalue weighted by Crippen LogP contribution is 2.23. The molecule has 2 heterocycles. The molecule has 4 heteroatoms. The van der Waals surface area contributed by atoms with Gasteiger partial charge in [-0.1, -0.05) is 0 Å². The highest BCUT2D eigenvalue weighted by Gasteiger charge is 2.24. The van der Waals surface area contributed by atoms with Crippen molar-refractivity contribution in [2.45, 2.75) is 19.3 Å². The monoisotopic (exact) mass is 242 g/mol. The van der Waals surface area contributed by atoms with Crippen LogP contribution in [-0.2, 0) is 5.41 Å². The van der Waals surface area contributed by atoms with Crippen molar-refractivity contribution in [2.24, 2.45) is 0 Å². The van der Waals surface area contributed by atoms with E-state index < -0.39 is 0 Å². The Labute approximate surface area is 107 Å². The van der Waals surface area contributed by atoms with Crippen LogP contribution in [0.25, 0.3) is 11.0 Å². The van der Waals surface area contributed by atoms with Gasteiger partial charge < -0.3 is 10.7 Å². The molecule has 2 aromatic heterocycles. The van der Waals surface area contributed by atoms with Crippen molar-refractivity contribution in [1.82, 2.24) is 15.3 Å². The topological polar surface area (TPSA) is 61.7 Å². The smallest absolute Gasteiger partial charge is 0.0892 e. The van der Waals surface area contributed by atoms with Crippen LogP contribution in [-0.4, -0.2) is 29.8 Å². The van der Waals surface area contributed by atoms with E-state index in [1.165, 1.54) is 6.21 Å². The van der Waals surface area contributed by atoms with Gasteiger partial charge in [0.05, 0.1) is 11.0 Å². The highest BCUT2D eigenvalue weighted by molar-refractivity contribution is 5.78. The maximum atomic E-state index is 7.63. The van der Waals surface area contributed by atoms with Crippen molar-refractivity contribution in [3.63, 3.8) is 0 Å². The molecule has 1 atom stereocenters. The van der Waals surface area contributed by atoms with E-state index >= 15 is 0 Å². The fraction of sp³-hybridized carbons (Fsp3) is 0.357. The molecule has 0 amide bonds. The summed E-state index contributed by atoms with van der Waals surface area (Å²) < 4.78 is 0. The summed E-state index contributed by atoms with van der Waals surface area (Å²) in [7, 11) is 1.89. The molecule has 2 N–H and O–H groups in total. The predicted octanol–water partition coefficient (Wildman–Crippen LogP) is 2.06. The van der Waals surface area contributed by atoms with Crippen molar-refractivity contribution in [2.75, 3.05) is 13.6 Å². The lowest BCUT2D eigenvalue weighted by Gasteiger charge is -2.24. The molecule has 94 valence electrons. The molecular formula is C14H18N4. The summed E-state index contributed by atoms with van der Waals surface area (Å²) in [5.74, 6) is 0. The molecule has 0 aromatic carbocycles. The summed E-state index contributed by atoms with van der Waals surface area (Å²) in [6.07, 6.45) is 3.30. The molecule has 0 aliphatic heterocycles. The summed E-state index contributed by atoms with van der Waals surface area (Å²) in [6, 6.07) is 5.96. The summed E-state index contributed by atoms with van der Waals surface area (Å²) in [6.45, 7) is 4.69. The van der Waals surface area contributed by atoms with E-state index in [1.54, 1.807) is 0 Å². The zero-order valence-corrected chi connectivity index (χ0v) is 11.0. The van der Waals surface area contributed by atoms with Crippen molar-refractivity contribution in [3.8, 4) is 0 Å². The van der Waals surface area contributed by atoms with Crippen molar-refractivity contribution < 1.29 is 0 Å². The normalized spacial score (nSPS) is 14.4. The first kappa shape index (κ1) is 12.6. The Balaban J connectivity index is 2.54. The van der Waals surface area contributed by atoms with E-state index in [0.29, 0.717) is 6.54 Å². The van der Waals surface area contributed by atoms with Crippen LogP contribution < -0.4 is 5.32 Å². The summed E-state index contributed by atoms with van der Waals surface area (Å²) in [4.78, 5) is 8.91. The maximum absolute atomic E-state index is 7.63. The molecule has 0 aliphatic carbocycles. The minimum absolute atomic E-state index is 0.346. The van der Waals surface area contributed by atoms with Crippen LogP contribution in [0.5, 0.6) is 0 Å². The fourth-order valence-electron chi connectivity index (χ4n) is 2.02. The van der Waals surface area contributed by atoms with E-state index in [0.717, 1.165) is 22.3 Å². The van der Waals surface area contributed by atoms with Gasteiger partial charge in [0, 0.05) is 30.1 Å². The Hall–Kier alpha value is -1.81. The third-order valence-corrected chi connectivity index (χ3v) is 3.20. The molecule has 0 saturated carbocycles. The molecule has 0 bridgehead atoms. The Bertz CT molecular complexity index is 579. The van der Waals surface area contributed by atoms with Gasteiger partial charge >= 0.3 is 0 Å². The molecule has 4 nitrogen and oxygen atoms in total.